The van der Waals surface area contributed by atoms with Crippen LogP contribution in [0.5, 0.6) is 0 Å². The Morgan fingerprint density at radius 2 is 1.96 bits per heavy atom. The molecule has 24 heavy (non-hydrogen) atoms. The number of methoxy groups -OCH3 is 1. The van der Waals surface area contributed by atoms with E-state index < -0.39 is 5.97 Å². The van der Waals surface area contributed by atoms with Crippen LogP contribution in [0.4, 0.5) is 5.69 Å². The van der Waals surface area contributed by atoms with Gasteiger partial charge in [0.15, 0.2) is 5.78 Å². The van der Waals surface area contributed by atoms with E-state index in [2.05, 4.69) is 5.32 Å². The van der Waals surface area contributed by atoms with Gasteiger partial charge in [-0.25, -0.2) is 0 Å². The van der Waals surface area contributed by atoms with Crippen molar-refractivity contribution in [2.24, 2.45) is 0 Å². The number of ketones is 1. The Balaban J connectivity index is 2.09. The van der Waals surface area contributed by atoms with Gasteiger partial charge in [-0.3, -0.25) is 14.4 Å². The molecule has 0 saturated carbocycles. The lowest BCUT2D eigenvalue weighted by Crippen LogP contribution is -2.14. The number of carboxylic acid groups (broad SMARTS) is 1. The number of carboxylic acids is 1. The van der Waals surface area contributed by atoms with E-state index in [1.54, 1.807) is 22.9 Å². The normalized spacial score (nSPS) is 10.7. The zero-order valence-corrected chi connectivity index (χ0v) is 13.4. The van der Waals surface area contributed by atoms with Crippen LogP contribution in [0.25, 0.3) is 10.9 Å². The summed E-state index contributed by atoms with van der Waals surface area (Å²) in [6.45, 7) is 0.459. The van der Waals surface area contributed by atoms with Gasteiger partial charge in [0, 0.05) is 25.4 Å². The molecule has 2 rings (SSSR count). The predicted molar refractivity (Wildman–Crippen MR) is 88.9 cm³/mol. The Morgan fingerprint density at radius 1 is 1.17 bits per heavy atom. The molecule has 128 valence electrons. The molecule has 0 aliphatic heterocycles. The van der Waals surface area contributed by atoms with Crippen molar-refractivity contribution in [3.05, 3.63) is 30.5 Å². The topological polar surface area (TPSA) is 97.6 Å². The van der Waals surface area contributed by atoms with E-state index in [0.29, 0.717) is 12.3 Å². The fraction of sp³-hybridized carbons (Fsp3) is 0.353. The van der Waals surface area contributed by atoms with Crippen molar-refractivity contribution in [3.63, 3.8) is 0 Å². The number of ether oxygens (including phenoxy) is 1. The molecule has 1 amide bonds. The lowest BCUT2D eigenvalue weighted by Gasteiger charge is -2.08. The maximum atomic E-state index is 11.9. The quantitative estimate of drug-likeness (QED) is 0.732. The zero-order valence-electron chi connectivity index (χ0n) is 13.4. The van der Waals surface area contributed by atoms with Crippen LogP contribution in [0.1, 0.15) is 19.3 Å². The van der Waals surface area contributed by atoms with Gasteiger partial charge >= 0.3 is 5.97 Å². The summed E-state index contributed by atoms with van der Waals surface area (Å²) in [5, 5.41) is 12.4. The Bertz CT molecular complexity index is 751. The highest BCUT2D eigenvalue weighted by Gasteiger charge is 2.10. The molecule has 1 aromatic carbocycles. The molecule has 0 bridgehead atoms. The van der Waals surface area contributed by atoms with E-state index in [9.17, 15) is 14.4 Å². The summed E-state index contributed by atoms with van der Waals surface area (Å²) in [7, 11) is 1.54. The smallest absolute Gasteiger partial charge is 0.303 e. The fourth-order valence-corrected chi connectivity index (χ4v) is 2.33. The number of amides is 1. The predicted octanol–water partition coefficient (Wildman–Crippen LogP) is 2.05. The van der Waals surface area contributed by atoms with Crippen LogP contribution in [0, 0.1) is 0 Å². The molecule has 0 fully saturated rings. The van der Waals surface area contributed by atoms with Crippen LogP contribution in [0.15, 0.2) is 30.5 Å². The minimum atomic E-state index is -0.984. The van der Waals surface area contributed by atoms with Gasteiger partial charge in [-0.2, -0.15) is 0 Å². The standard InChI is InChI=1S/C17H20N2O5/c1-24-9-7-16(21)18-13-3-2-12-6-8-19(15(12)10-13)11-14(20)4-5-17(22)23/h2-3,6,8,10H,4-5,7,9,11H2,1H3,(H,18,21)(H,22,23). The maximum Gasteiger partial charge on any atom is 0.303 e. The molecule has 0 aliphatic carbocycles. The van der Waals surface area contributed by atoms with Crippen molar-refractivity contribution < 1.29 is 24.2 Å². The Morgan fingerprint density at radius 3 is 2.67 bits per heavy atom. The number of benzene rings is 1. The van der Waals surface area contributed by atoms with Crippen LogP contribution in [0.3, 0.4) is 0 Å². The highest BCUT2D eigenvalue weighted by Crippen LogP contribution is 2.21. The van der Waals surface area contributed by atoms with Crippen molar-refractivity contribution in [2.75, 3.05) is 19.0 Å². The summed E-state index contributed by atoms with van der Waals surface area (Å²) in [6, 6.07) is 7.32. The first-order chi connectivity index (χ1) is 11.5. The average molecular weight is 332 g/mol. The molecule has 2 N–H and O–H groups in total. The molecule has 0 saturated heterocycles. The number of nitrogens with zero attached hydrogens (tertiary/aromatic N) is 1. The third-order valence-corrected chi connectivity index (χ3v) is 3.56. The lowest BCUT2D eigenvalue weighted by atomic mass is 10.2. The van der Waals surface area contributed by atoms with Crippen LogP contribution in [-0.2, 0) is 25.7 Å². The molecule has 0 unspecified atom stereocenters. The number of Topliss-reactive ketones (excluding diaryl/α,β-unsaturated/α-hetero) is 1. The zero-order chi connectivity index (χ0) is 17.5. The molecule has 1 heterocycles. The molecule has 0 atom stereocenters. The molecule has 0 aliphatic rings. The molecule has 0 radical (unpaired) electrons. The number of anilines is 1. The second-order valence-electron chi connectivity index (χ2n) is 5.44. The first-order valence-corrected chi connectivity index (χ1v) is 7.61. The van der Waals surface area contributed by atoms with Crippen molar-refractivity contribution in [1.82, 2.24) is 4.57 Å². The number of carbonyl (C=O) groups is 3. The largest absolute Gasteiger partial charge is 0.481 e. The van der Waals surface area contributed by atoms with Gasteiger partial charge in [0.2, 0.25) is 5.91 Å². The van der Waals surface area contributed by atoms with E-state index in [1.807, 2.05) is 12.1 Å². The summed E-state index contributed by atoms with van der Waals surface area (Å²) < 4.78 is 6.62. The number of carbonyl (C=O) groups excluding carboxylic acids is 2. The summed E-state index contributed by atoms with van der Waals surface area (Å²) in [4.78, 5) is 34.2. The van der Waals surface area contributed by atoms with Gasteiger partial charge in [0.1, 0.15) is 0 Å². The SMILES string of the molecule is COCCC(=O)Nc1ccc2ccn(CC(=O)CCC(=O)O)c2c1. The molecular weight excluding hydrogens is 312 g/mol. The highest BCUT2D eigenvalue weighted by molar-refractivity contribution is 5.94. The Kier molecular flexibility index (Phi) is 6.08. The number of fused-ring (bicyclic) bond motifs is 1. The Hall–Kier alpha value is -2.67. The number of aliphatic carboxylic acids is 1. The van der Waals surface area contributed by atoms with Gasteiger partial charge in [-0.1, -0.05) is 6.07 Å². The third kappa shape index (κ3) is 4.92. The van der Waals surface area contributed by atoms with Gasteiger partial charge in [-0.05, 0) is 23.6 Å². The second kappa shape index (κ2) is 8.26. The van der Waals surface area contributed by atoms with Gasteiger partial charge < -0.3 is 19.7 Å². The minimum Gasteiger partial charge on any atom is -0.481 e. The van der Waals surface area contributed by atoms with E-state index >= 15 is 0 Å². The van der Waals surface area contributed by atoms with E-state index in [1.165, 1.54) is 7.11 Å². The second-order valence-corrected chi connectivity index (χ2v) is 5.44. The maximum absolute atomic E-state index is 11.9. The van der Waals surface area contributed by atoms with Gasteiger partial charge in [-0.15, -0.1) is 0 Å². The number of hydrogen-bond donors (Lipinski definition) is 2. The van der Waals surface area contributed by atoms with Crippen molar-refractivity contribution >= 4 is 34.3 Å². The van der Waals surface area contributed by atoms with Crippen molar-refractivity contribution in [2.45, 2.75) is 25.8 Å². The fourth-order valence-electron chi connectivity index (χ4n) is 2.33. The van der Waals surface area contributed by atoms with Crippen LogP contribution in [0.2, 0.25) is 0 Å². The summed E-state index contributed by atoms with van der Waals surface area (Å²) in [5.74, 6) is -1.28. The van der Waals surface area contributed by atoms with E-state index in [-0.39, 0.29) is 37.5 Å². The number of nitrogens with one attached hydrogen (secondary N) is 1. The molecular formula is C17H20N2O5. The van der Waals surface area contributed by atoms with Crippen LogP contribution in [-0.4, -0.2) is 41.1 Å². The molecule has 7 nitrogen and oxygen atoms in total. The number of hydrogen-bond acceptors (Lipinski definition) is 4. The number of rotatable bonds is 9. The molecule has 1 aromatic heterocycles. The first-order valence-electron chi connectivity index (χ1n) is 7.61. The number of aromatic nitrogens is 1. The highest BCUT2D eigenvalue weighted by atomic mass is 16.5. The van der Waals surface area contributed by atoms with Gasteiger partial charge in [0.25, 0.3) is 0 Å². The third-order valence-electron chi connectivity index (χ3n) is 3.56. The summed E-state index contributed by atoms with van der Waals surface area (Å²) >= 11 is 0. The van der Waals surface area contributed by atoms with Crippen LogP contribution < -0.4 is 5.32 Å². The van der Waals surface area contributed by atoms with Crippen molar-refractivity contribution in [1.29, 1.82) is 0 Å². The Labute approximate surface area is 139 Å². The molecule has 7 heteroatoms. The molecule has 2 aromatic rings. The van der Waals surface area contributed by atoms with Crippen molar-refractivity contribution in [3.8, 4) is 0 Å². The van der Waals surface area contributed by atoms with Gasteiger partial charge in [0.05, 0.1) is 31.5 Å². The monoisotopic (exact) mass is 332 g/mol. The first kappa shape index (κ1) is 17.7. The lowest BCUT2D eigenvalue weighted by molar-refractivity contribution is -0.138. The minimum absolute atomic E-state index is 0.00243. The van der Waals surface area contributed by atoms with E-state index in [0.717, 1.165) is 10.9 Å². The summed E-state index contributed by atoms with van der Waals surface area (Å²) in [6.07, 6.45) is 1.88. The van der Waals surface area contributed by atoms with Crippen LogP contribution >= 0.6 is 0 Å². The average Bonchev–Trinajstić information content (AvgIpc) is 2.93. The summed E-state index contributed by atoms with van der Waals surface area (Å²) in [5.41, 5.74) is 1.45. The van der Waals surface area contributed by atoms with E-state index in [4.69, 9.17) is 9.84 Å². The molecule has 0 spiro atoms.